The lowest BCUT2D eigenvalue weighted by molar-refractivity contribution is 0.0702. The molecule has 0 saturated carbocycles. The number of nitrogens with one attached hydrogen (secondary N) is 1. The largest absolute Gasteiger partial charge is 0.489 e. The van der Waals surface area contributed by atoms with Gasteiger partial charge in [0, 0.05) is 25.9 Å². The second-order valence-corrected chi connectivity index (χ2v) is 5.33. The molecule has 9 nitrogen and oxygen atoms in total. The van der Waals surface area contributed by atoms with Crippen molar-refractivity contribution in [1.82, 2.24) is 20.0 Å². The van der Waals surface area contributed by atoms with Gasteiger partial charge >= 0.3 is 11.8 Å². The molecule has 1 saturated heterocycles. The summed E-state index contributed by atoms with van der Waals surface area (Å²) in [6, 6.07) is 3.45. The lowest BCUT2D eigenvalue weighted by Gasteiger charge is -2.31. The first kappa shape index (κ1) is 16.0. The van der Waals surface area contributed by atoms with E-state index in [2.05, 4.69) is 19.6 Å². The monoisotopic (exact) mass is 334 g/mol. The highest BCUT2D eigenvalue weighted by atomic mass is 16.6. The first-order valence-corrected chi connectivity index (χ1v) is 7.76. The van der Waals surface area contributed by atoms with E-state index < -0.39 is 5.76 Å². The number of hydrogen-bond acceptors (Lipinski definition) is 7. The Bertz CT molecular complexity index is 731. The number of carbonyl (C=O) groups is 1. The van der Waals surface area contributed by atoms with Crippen LogP contribution in [0.2, 0.25) is 0 Å². The van der Waals surface area contributed by atoms with Crippen LogP contribution in [-0.4, -0.2) is 51.9 Å². The Hall–Kier alpha value is -2.84. The molecule has 9 heteroatoms. The summed E-state index contributed by atoms with van der Waals surface area (Å²) in [4.78, 5) is 30.9. The maximum absolute atomic E-state index is 11.7. The smallest absolute Gasteiger partial charge is 0.439 e. The van der Waals surface area contributed by atoms with E-state index in [1.165, 1.54) is 0 Å². The predicted molar refractivity (Wildman–Crippen MR) is 82.6 cm³/mol. The van der Waals surface area contributed by atoms with Crippen molar-refractivity contribution in [2.24, 2.45) is 0 Å². The topological polar surface area (TPSA) is 111 Å². The van der Waals surface area contributed by atoms with Crippen LogP contribution >= 0.6 is 0 Å². The fourth-order valence-corrected chi connectivity index (χ4v) is 2.49. The van der Waals surface area contributed by atoms with E-state index >= 15 is 0 Å². The van der Waals surface area contributed by atoms with Gasteiger partial charge in [-0.25, -0.2) is 14.6 Å². The van der Waals surface area contributed by atoms with Crippen LogP contribution in [0.15, 0.2) is 27.6 Å². The van der Waals surface area contributed by atoms with Crippen LogP contribution in [0.25, 0.3) is 11.5 Å². The van der Waals surface area contributed by atoms with Gasteiger partial charge in [-0.3, -0.25) is 9.51 Å². The minimum Gasteiger partial charge on any atom is -0.489 e. The van der Waals surface area contributed by atoms with Crippen LogP contribution in [0, 0.1) is 0 Å². The van der Waals surface area contributed by atoms with Crippen molar-refractivity contribution in [2.45, 2.75) is 25.9 Å². The number of carbonyl (C=O) groups excluding carboxylic acids is 1. The summed E-state index contributed by atoms with van der Waals surface area (Å²) in [7, 11) is 0. The molecule has 0 aliphatic carbocycles. The highest BCUT2D eigenvalue weighted by Gasteiger charge is 2.24. The zero-order chi connectivity index (χ0) is 16.9. The molecule has 0 atom stereocenters. The fourth-order valence-electron chi connectivity index (χ4n) is 2.49. The van der Waals surface area contributed by atoms with Gasteiger partial charge < -0.3 is 14.4 Å². The van der Waals surface area contributed by atoms with Crippen molar-refractivity contribution < 1.29 is 18.8 Å². The minimum absolute atomic E-state index is 0.0233. The molecule has 0 radical (unpaired) electrons. The molecule has 2 aromatic rings. The van der Waals surface area contributed by atoms with Gasteiger partial charge in [0.2, 0.25) is 5.82 Å². The Balaban J connectivity index is 1.54. The number of pyridine rings is 1. The second-order valence-electron chi connectivity index (χ2n) is 5.33. The van der Waals surface area contributed by atoms with Crippen LogP contribution in [0.3, 0.4) is 0 Å². The molecule has 1 aliphatic heterocycles. The van der Waals surface area contributed by atoms with Crippen LogP contribution in [0.4, 0.5) is 4.79 Å². The summed E-state index contributed by atoms with van der Waals surface area (Å²) in [6.07, 6.45) is 2.78. The summed E-state index contributed by atoms with van der Waals surface area (Å²) in [5, 5.41) is 3.58. The highest BCUT2D eigenvalue weighted by Crippen LogP contribution is 2.20. The Morgan fingerprint density at radius 2 is 2.21 bits per heavy atom. The molecule has 1 aliphatic rings. The third-order valence-corrected chi connectivity index (χ3v) is 3.69. The van der Waals surface area contributed by atoms with Crippen molar-refractivity contribution in [2.75, 3.05) is 19.7 Å². The van der Waals surface area contributed by atoms with E-state index in [-0.39, 0.29) is 18.0 Å². The minimum atomic E-state index is -0.625. The summed E-state index contributed by atoms with van der Waals surface area (Å²) in [6.45, 7) is 3.38. The maximum atomic E-state index is 11.7. The predicted octanol–water partition coefficient (Wildman–Crippen LogP) is 1.42. The number of hydrogen-bond donors (Lipinski definition) is 1. The Morgan fingerprint density at radius 3 is 2.79 bits per heavy atom. The molecule has 24 heavy (non-hydrogen) atoms. The molecule has 3 heterocycles. The second kappa shape index (κ2) is 7.16. The molecular weight excluding hydrogens is 316 g/mol. The van der Waals surface area contributed by atoms with E-state index in [0.29, 0.717) is 31.1 Å². The molecule has 3 rings (SSSR count). The first-order valence-electron chi connectivity index (χ1n) is 7.76. The molecule has 2 aromatic heterocycles. The van der Waals surface area contributed by atoms with Crippen LogP contribution < -0.4 is 10.5 Å². The zero-order valence-corrected chi connectivity index (χ0v) is 13.2. The van der Waals surface area contributed by atoms with Crippen LogP contribution in [0.1, 0.15) is 19.8 Å². The van der Waals surface area contributed by atoms with Gasteiger partial charge in [0.25, 0.3) is 0 Å². The molecule has 1 N–H and O–H groups in total. The van der Waals surface area contributed by atoms with Gasteiger partial charge in [-0.15, -0.1) is 0 Å². The third kappa shape index (κ3) is 3.73. The number of aromatic nitrogens is 3. The number of aromatic amines is 1. The van der Waals surface area contributed by atoms with E-state index in [0.717, 1.165) is 12.8 Å². The van der Waals surface area contributed by atoms with Crippen molar-refractivity contribution in [3.63, 3.8) is 0 Å². The molecule has 0 unspecified atom stereocenters. The summed E-state index contributed by atoms with van der Waals surface area (Å²) >= 11 is 0. The molecule has 0 aromatic carbocycles. The van der Waals surface area contributed by atoms with E-state index in [1.807, 2.05) is 0 Å². The van der Waals surface area contributed by atoms with Crippen LogP contribution in [0.5, 0.6) is 5.75 Å². The number of rotatable bonds is 4. The molecule has 0 bridgehead atoms. The average molecular weight is 334 g/mol. The van der Waals surface area contributed by atoms with Gasteiger partial charge in [-0.2, -0.15) is 0 Å². The Morgan fingerprint density at radius 1 is 1.42 bits per heavy atom. The standard InChI is InChI=1S/C15H18N4O5/c1-2-22-15(21)19-7-5-10(6-8-19)23-11-3-4-12(16-9-11)13-17-14(20)24-18-13/h3-4,9-10H,2,5-8H2,1H3,(H,17,18,20). The van der Waals surface area contributed by atoms with Gasteiger partial charge in [-0.1, -0.05) is 5.16 Å². The maximum Gasteiger partial charge on any atom is 0.439 e. The van der Waals surface area contributed by atoms with Crippen molar-refractivity contribution >= 4 is 6.09 Å². The number of likely N-dealkylation sites (tertiary alicyclic amines) is 1. The summed E-state index contributed by atoms with van der Waals surface area (Å²) in [5.41, 5.74) is 0.491. The summed E-state index contributed by atoms with van der Waals surface area (Å²) in [5.74, 6) is 0.272. The number of piperidine rings is 1. The van der Waals surface area contributed by atoms with E-state index in [9.17, 15) is 9.59 Å². The lowest BCUT2D eigenvalue weighted by Crippen LogP contribution is -2.42. The van der Waals surface area contributed by atoms with Crippen LogP contribution in [-0.2, 0) is 4.74 Å². The van der Waals surface area contributed by atoms with Crippen molar-refractivity contribution in [3.8, 4) is 17.3 Å². The Labute approximate surface area is 137 Å². The van der Waals surface area contributed by atoms with Gasteiger partial charge in [-0.05, 0) is 19.1 Å². The number of ether oxygens (including phenoxy) is 2. The molecule has 0 spiro atoms. The molecule has 1 amide bonds. The first-order chi connectivity index (χ1) is 11.7. The van der Waals surface area contributed by atoms with Crippen molar-refractivity contribution in [3.05, 3.63) is 28.9 Å². The van der Waals surface area contributed by atoms with Crippen molar-refractivity contribution in [1.29, 1.82) is 0 Å². The highest BCUT2D eigenvalue weighted by molar-refractivity contribution is 5.67. The van der Waals surface area contributed by atoms with Gasteiger partial charge in [0.05, 0.1) is 12.8 Å². The third-order valence-electron chi connectivity index (χ3n) is 3.69. The average Bonchev–Trinajstić information content (AvgIpc) is 3.03. The molecule has 128 valence electrons. The molecule has 1 fully saturated rings. The fraction of sp³-hybridized carbons (Fsp3) is 0.467. The molecular formula is C15H18N4O5. The number of nitrogens with zero attached hydrogens (tertiary/aromatic N) is 3. The number of H-pyrrole nitrogens is 1. The normalized spacial score (nSPS) is 15.3. The Kier molecular flexibility index (Phi) is 4.78. The quantitative estimate of drug-likeness (QED) is 0.900. The zero-order valence-electron chi connectivity index (χ0n) is 13.2. The SMILES string of the molecule is CCOC(=O)N1CCC(Oc2ccc(-c3noc(=O)[nH]3)nc2)CC1. The summed E-state index contributed by atoms with van der Waals surface area (Å²) < 4.78 is 15.3. The van der Waals surface area contributed by atoms with Gasteiger partial charge in [0.1, 0.15) is 17.5 Å². The lowest BCUT2D eigenvalue weighted by atomic mass is 10.1. The van der Waals surface area contributed by atoms with Gasteiger partial charge in [0.15, 0.2) is 0 Å². The van der Waals surface area contributed by atoms with E-state index in [4.69, 9.17) is 9.47 Å². The van der Waals surface area contributed by atoms with E-state index in [1.54, 1.807) is 30.2 Å². The number of amides is 1.